The maximum atomic E-state index is 12.7. The van der Waals surface area contributed by atoms with E-state index in [1.807, 2.05) is 22.5 Å². The molecule has 4 rings (SSSR count). The lowest BCUT2D eigenvalue weighted by atomic mass is 10.1. The lowest BCUT2D eigenvalue weighted by molar-refractivity contribution is 0.102. The Morgan fingerprint density at radius 3 is 2.83 bits per heavy atom. The van der Waals surface area contributed by atoms with Crippen LogP contribution in [0.5, 0.6) is 0 Å². The van der Waals surface area contributed by atoms with Crippen LogP contribution >= 0.6 is 12.4 Å². The molecule has 2 aromatic heterocycles. The van der Waals surface area contributed by atoms with Crippen LogP contribution in [0.3, 0.4) is 0 Å². The predicted molar refractivity (Wildman–Crippen MR) is 116 cm³/mol. The highest BCUT2D eigenvalue weighted by Crippen LogP contribution is 2.22. The Hall–Kier alpha value is -2.64. The molecule has 1 atom stereocenters. The first-order valence-corrected chi connectivity index (χ1v) is 9.72. The van der Waals surface area contributed by atoms with Gasteiger partial charge in [-0.3, -0.25) is 9.48 Å². The number of benzene rings is 1. The van der Waals surface area contributed by atoms with E-state index in [4.69, 9.17) is 0 Å². The van der Waals surface area contributed by atoms with Gasteiger partial charge in [0.15, 0.2) is 5.69 Å². The number of halogens is 1. The summed E-state index contributed by atoms with van der Waals surface area (Å²) in [5.74, 6) is -0.217. The largest absolute Gasteiger partial charge is 0.318 e. The van der Waals surface area contributed by atoms with E-state index in [9.17, 15) is 4.79 Å². The van der Waals surface area contributed by atoms with Gasteiger partial charge in [0.2, 0.25) is 0 Å². The monoisotopic (exact) mass is 414 g/mol. The molecule has 1 saturated heterocycles. The van der Waals surface area contributed by atoms with E-state index in [1.54, 1.807) is 12.3 Å². The molecule has 3 aromatic rings. The molecule has 1 aromatic carbocycles. The molecule has 7 nitrogen and oxygen atoms in total. The van der Waals surface area contributed by atoms with Gasteiger partial charge in [-0.1, -0.05) is 12.1 Å². The molecule has 1 amide bonds. The van der Waals surface area contributed by atoms with Crippen LogP contribution in [0.25, 0.3) is 5.69 Å². The van der Waals surface area contributed by atoms with Gasteiger partial charge in [-0.2, -0.15) is 10.2 Å². The standard InChI is InChI=1S/C21H26N6O.ClH/c1-14-6-7-15(2)20(11-14)27-16(3)19(13-23-27)24-21(28)18-8-10-26(25-18)17-5-4-9-22-12-17;/h6-8,10-11,13,17,22H,4-5,9,12H2,1-3H3,(H,24,28);1H. The summed E-state index contributed by atoms with van der Waals surface area (Å²) in [6, 6.07) is 8.34. The molecule has 29 heavy (non-hydrogen) atoms. The Bertz CT molecular complexity index is 1000. The van der Waals surface area contributed by atoms with E-state index >= 15 is 0 Å². The summed E-state index contributed by atoms with van der Waals surface area (Å²) in [4.78, 5) is 12.7. The fourth-order valence-electron chi connectivity index (χ4n) is 3.63. The molecule has 1 aliphatic heterocycles. The number of amides is 1. The molecule has 2 N–H and O–H groups in total. The van der Waals surface area contributed by atoms with Gasteiger partial charge in [0, 0.05) is 12.7 Å². The third-order valence-corrected chi connectivity index (χ3v) is 5.34. The molecular weight excluding hydrogens is 388 g/mol. The molecular formula is C21H27ClN6O. The Kier molecular flexibility index (Phi) is 6.39. The summed E-state index contributed by atoms with van der Waals surface area (Å²) < 4.78 is 3.76. The van der Waals surface area contributed by atoms with Crippen LogP contribution in [0.2, 0.25) is 0 Å². The zero-order chi connectivity index (χ0) is 19.7. The Morgan fingerprint density at radius 2 is 2.07 bits per heavy atom. The van der Waals surface area contributed by atoms with Crippen LogP contribution < -0.4 is 10.6 Å². The van der Waals surface area contributed by atoms with Crippen molar-refractivity contribution in [2.45, 2.75) is 39.7 Å². The second-order valence-electron chi connectivity index (χ2n) is 7.48. The molecule has 8 heteroatoms. The SMILES string of the molecule is Cc1ccc(C)c(-n2ncc(NC(=O)c3ccn(C4CCCNC4)n3)c2C)c1.Cl. The smallest absolute Gasteiger partial charge is 0.276 e. The van der Waals surface area contributed by atoms with Crippen LogP contribution in [0.4, 0.5) is 5.69 Å². The van der Waals surface area contributed by atoms with E-state index in [2.05, 4.69) is 52.9 Å². The number of anilines is 1. The van der Waals surface area contributed by atoms with Crippen molar-refractivity contribution in [3.63, 3.8) is 0 Å². The highest BCUT2D eigenvalue weighted by atomic mass is 35.5. The number of hydrogen-bond donors (Lipinski definition) is 2. The maximum Gasteiger partial charge on any atom is 0.276 e. The van der Waals surface area contributed by atoms with Crippen molar-refractivity contribution in [1.82, 2.24) is 24.9 Å². The fourth-order valence-corrected chi connectivity index (χ4v) is 3.63. The number of hydrogen-bond acceptors (Lipinski definition) is 4. The number of carbonyl (C=O) groups excluding carboxylic acids is 1. The predicted octanol–water partition coefficient (Wildman–Crippen LogP) is 3.59. The number of rotatable bonds is 4. The first-order chi connectivity index (χ1) is 13.5. The van der Waals surface area contributed by atoms with E-state index in [-0.39, 0.29) is 18.3 Å². The minimum absolute atomic E-state index is 0. The van der Waals surface area contributed by atoms with Crippen LogP contribution in [-0.2, 0) is 0 Å². The van der Waals surface area contributed by atoms with E-state index in [0.29, 0.717) is 17.4 Å². The fraction of sp³-hybridized carbons (Fsp3) is 0.381. The number of nitrogens with zero attached hydrogens (tertiary/aromatic N) is 4. The van der Waals surface area contributed by atoms with Crippen molar-refractivity contribution in [1.29, 1.82) is 0 Å². The summed E-state index contributed by atoms with van der Waals surface area (Å²) in [7, 11) is 0. The van der Waals surface area contributed by atoms with Crippen molar-refractivity contribution in [2.24, 2.45) is 0 Å². The minimum Gasteiger partial charge on any atom is -0.318 e. The number of nitrogens with one attached hydrogen (secondary N) is 2. The molecule has 0 aliphatic carbocycles. The summed E-state index contributed by atoms with van der Waals surface area (Å²) in [5.41, 5.74) is 5.33. The van der Waals surface area contributed by atoms with E-state index < -0.39 is 0 Å². The minimum atomic E-state index is -0.217. The summed E-state index contributed by atoms with van der Waals surface area (Å²) >= 11 is 0. The van der Waals surface area contributed by atoms with Crippen LogP contribution in [0, 0.1) is 20.8 Å². The Labute approximate surface area is 176 Å². The second kappa shape index (κ2) is 8.80. The Morgan fingerprint density at radius 1 is 1.24 bits per heavy atom. The highest BCUT2D eigenvalue weighted by Gasteiger charge is 2.19. The summed E-state index contributed by atoms with van der Waals surface area (Å²) in [6.45, 7) is 8.01. The average molecular weight is 415 g/mol. The number of carbonyl (C=O) groups is 1. The normalized spacial score (nSPS) is 16.3. The van der Waals surface area contributed by atoms with Crippen LogP contribution in [0.1, 0.15) is 46.2 Å². The first-order valence-electron chi connectivity index (χ1n) is 9.72. The number of piperidine rings is 1. The molecule has 1 aliphatic rings. The van der Waals surface area contributed by atoms with Crippen molar-refractivity contribution >= 4 is 24.0 Å². The van der Waals surface area contributed by atoms with Crippen LogP contribution in [0.15, 0.2) is 36.7 Å². The van der Waals surface area contributed by atoms with Gasteiger partial charge in [-0.15, -0.1) is 12.4 Å². The molecule has 0 saturated carbocycles. The van der Waals surface area contributed by atoms with Gasteiger partial charge < -0.3 is 10.6 Å². The topological polar surface area (TPSA) is 76.8 Å². The number of aryl methyl sites for hydroxylation is 2. The van der Waals surface area contributed by atoms with Crippen molar-refractivity contribution in [3.8, 4) is 5.69 Å². The molecule has 1 unspecified atom stereocenters. The number of aromatic nitrogens is 4. The third-order valence-electron chi connectivity index (χ3n) is 5.34. The van der Waals surface area contributed by atoms with Gasteiger partial charge >= 0.3 is 0 Å². The summed E-state index contributed by atoms with van der Waals surface area (Å²) in [6.07, 6.45) is 5.79. The van der Waals surface area contributed by atoms with Crippen molar-refractivity contribution in [3.05, 3.63) is 59.2 Å². The first kappa shape index (κ1) is 21.1. The maximum absolute atomic E-state index is 12.7. The molecule has 0 bridgehead atoms. The van der Waals surface area contributed by atoms with Gasteiger partial charge in [-0.25, -0.2) is 4.68 Å². The molecule has 0 spiro atoms. The lowest BCUT2D eigenvalue weighted by Crippen LogP contribution is -2.32. The molecule has 154 valence electrons. The third kappa shape index (κ3) is 4.36. The van der Waals surface area contributed by atoms with E-state index in [0.717, 1.165) is 42.9 Å². The van der Waals surface area contributed by atoms with Gasteiger partial charge in [0.05, 0.1) is 29.3 Å². The Balaban J connectivity index is 0.00000240. The van der Waals surface area contributed by atoms with Crippen molar-refractivity contribution in [2.75, 3.05) is 18.4 Å². The van der Waals surface area contributed by atoms with Crippen molar-refractivity contribution < 1.29 is 4.79 Å². The molecule has 3 heterocycles. The summed E-state index contributed by atoms with van der Waals surface area (Å²) in [5, 5.41) is 15.3. The van der Waals surface area contributed by atoms with Gasteiger partial charge in [-0.05, 0) is 63.4 Å². The highest BCUT2D eigenvalue weighted by molar-refractivity contribution is 6.03. The van der Waals surface area contributed by atoms with Crippen LogP contribution in [-0.4, -0.2) is 38.6 Å². The lowest BCUT2D eigenvalue weighted by Gasteiger charge is -2.22. The second-order valence-corrected chi connectivity index (χ2v) is 7.48. The molecule has 1 fully saturated rings. The molecule has 0 radical (unpaired) electrons. The van der Waals surface area contributed by atoms with Gasteiger partial charge in [0.25, 0.3) is 5.91 Å². The van der Waals surface area contributed by atoms with Gasteiger partial charge in [0.1, 0.15) is 0 Å². The van der Waals surface area contributed by atoms with E-state index in [1.165, 1.54) is 5.56 Å². The zero-order valence-corrected chi connectivity index (χ0v) is 17.8. The average Bonchev–Trinajstić information content (AvgIpc) is 3.33. The zero-order valence-electron chi connectivity index (χ0n) is 17.0. The quantitative estimate of drug-likeness (QED) is 0.683.